The molecule has 5 rings (SSSR count). The molecule has 2 aliphatic rings. The summed E-state index contributed by atoms with van der Waals surface area (Å²) in [5.41, 5.74) is 7.12. The largest absolute Gasteiger partial charge is 0.496 e. The van der Waals surface area contributed by atoms with Gasteiger partial charge in [-0.2, -0.15) is 0 Å². The average molecular weight is 516 g/mol. The molecule has 0 atom stereocenters. The number of ether oxygens (including phenoxy) is 3. The third kappa shape index (κ3) is 5.60. The van der Waals surface area contributed by atoms with E-state index < -0.39 is 0 Å². The van der Waals surface area contributed by atoms with Gasteiger partial charge in [0.2, 0.25) is 0 Å². The molecule has 1 aliphatic carbocycles. The van der Waals surface area contributed by atoms with Crippen molar-refractivity contribution >= 4 is 5.69 Å². The Bertz CT molecular complexity index is 1230. The zero-order valence-electron chi connectivity index (χ0n) is 23.3. The summed E-state index contributed by atoms with van der Waals surface area (Å²) in [6.45, 7) is 5.16. The molecular weight excluding hydrogens is 474 g/mol. The van der Waals surface area contributed by atoms with Crippen molar-refractivity contribution in [2.45, 2.75) is 64.0 Å². The normalized spacial score (nSPS) is 15.8. The van der Waals surface area contributed by atoms with E-state index in [9.17, 15) is 0 Å². The minimum Gasteiger partial charge on any atom is -0.496 e. The van der Waals surface area contributed by atoms with E-state index in [4.69, 9.17) is 19.2 Å². The third-order valence-electron chi connectivity index (χ3n) is 7.88. The van der Waals surface area contributed by atoms with Gasteiger partial charge >= 0.3 is 0 Å². The molecule has 1 aromatic heterocycles. The first-order chi connectivity index (χ1) is 18.7. The van der Waals surface area contributed by atoms with Crippen LogP contribution in [0.4, 0.5) is 5.69 Å². The van der Waals surface area contributed by atoms with E-state index in [1.807, 2.05) is 6.20 Å². The molecule has 0 spiro atoms. The van der Waals surface area contributed by atoms with E-state index in [1.54, 1.807) is 21.3 Å². The Kier molecular flexibility index (Phi) is 8.38. The zero-order chi connectivity index (χ0) is 26.5. The van der Waals surface area contributed by atoms with Crippen molar-refractivity contribution in [3.05, 3.63) is 65.4 Å². The molecule has 202 valence electrons. The van der Waals surface area contributed by atoms with Crippen LogP contribution in [0.1, 0.15) is 61.6 Å². The average Bonchev–Trinajstić information content (AvgIpc) is 3.82. The summed E-state index contributed by atoms with van der Waals surface area (Å²) in [7, 11) is 5.21. The zero-order valence-corrected chi connectivity index (χ0v) is 23.3. The Hall–Kier alpha value is -3.25. The predicted molar refractivity (Wildman–Crippen MR) is 154 cm³/mol. The maximum Gasteiger partial charge on any atom is 0.164 e. The summed E-state index contributed by atoms with van der Waals surface area (Å²) in [5, 5.41) is 3.53. The highest BCUT2D eigenvalue weighted by atomic mass is 16.5. The van der Waals surface area contributed by atoms with Crippen molar-refractivity contribution in [1.29, 1.82) is 0 Å². The number of hydrogen-bond acceptors (Lipinski definition) is 6. The lowest BCUT2D eigenvalue weighted by atomic mass is 9.98. The van der Waals surface area contributed by atoms with Crippen molar-refractivity contribution in [2.24, 2.45) is 0 Å². The first kappa shape index (κ1) is 26.4. The molecule has 1 saturated heterocycles. The number of piperidine rings is 1. The number of pyridine rings is 1. The van der Waals surface area contributed by atoms with E-state index in [1.165, 1.54) is 35.2 Å². The highest BCUT2D eigenvalue weighted by Crippen LogP contribution is 2.49. The predicted octanol–water partition coefficient (Wildman–Crippen LogP) is 6.36. The minimum absolute atomic E-state index is 0.470. The van der Waals surface area contributed by atoms with Gasteiger partial charge in [0.1, 0.15) is 5.75 Å². The molecular formula is C32H41N3O3. The van der Waals surface area contributed by atoms with Crippen LogP contribution in [0, 0.1) is 0 Å². The topological polar surface area (TPSA) is 55.9 Å². The molecule has 2 heterocycles. The number of rotatable bonds is 11. The SMILES string of the molecule is CCCc1c(OC)cccc1N(Cc1ccnc(-c2cc(OC)c(OC)c(C3CC3)c2)c1)C1CCNCC1. The van der Waals surface area contributed by atoms with Crippen molar-refractivity contribution in [3.8, 4) is 28.5 Å². The number of nitrogens with one attached hydrogen (secondary N) is 1. The minimum atomic E-state index is 0.470. The fourth-order valence-corrected chi connectivity index (χ4v) is 5.81. The van der Waals surface area contributed by atoms with Crippen LogP contribution < -0.4 is 24.4 Å². The monoisotopic (exact) mass is 515 g/mol. The van der Waals surface area contributed by atoms with Crippen LogP contribution in [-0.2, 0) is 13.0 Å². The van der Waals surface area contributed by atoms with Crippen LogP contribution in [0.25, 0.3) is 11.3 Å². The molecule has 38 heavy (non-hydrogen) atoms. The Morgan fingerprint density at radius 2 is 1.71 bits per heavy atom. The van der Waals surface area contributed by atoms with Gasteiger partial charge in [0, 0.05) is 41.2 Å². The summed E-state index contributed by atoms with van der Waals surface area (Å²) < 4.78 is 17.3. The Morgan fingerprint density at radius 1 is 0.921 bits per heavy atom. The van der Waals surface area contributed by atoms with Crippen LogP contribution in [0.2, 0.25) is 0 Å². The Balaban J connectivity index is 1.52. The molecule has 0 amide bonds. The maximum atomic E-state index is 5.81. The van der Waals surface area contributed by atoms with Crippen LogP contribution in [-0.4, -0.2) is 45.4 Å². The van der Waals surface area contributed by atoms with Gasteiger partial charge < -0.3 is 24.4 Å². The highest BCUT2D eigenvalue weighted by molar-refractivity contribution is 5.68. The van der Waals surface area contributed by atoms with E-state index in [2.05, 4.69) is 59.6 Å². The summed E-state index contributed by atoms with van der Waals surface area (Å²) >= 11 is 0. The van der Waals surface area contributed by atoms with Crippen molar-refractivity contribution in [3.63, 3.8) is 0 Å². The number of hydrogen-bond donors (Lipinski definition) is 1. The van der Waals surface area contributed by atoms with Crippen LogP contribution in [0.5, 0.6) is 17.2 Å². The number of methoxy groups -OCH3 is 3. The summed E-state index contributed by atoms with van der Waals surface area (Å²) in [6, 6.07) is 15.7. The van der Waals surface area contributed by atoms with Gasteiger partial charge in [-0.15, -0.1) is 0 Å². The van der Waals surface area contributed by atoms with Crippen molar-refractivity contribution < 1.29 is 14.2 Å². The molecule has 0 unspecified atom stereocenters. The fraction of sp³-hybridized carbons (Fsp3) is 0.469. The lowest BCUT2D eigenvalue weighted by molar-refractivity contribution is 0.352. The van der Waals surface area contributed by atoms with Gasteiger partial charge in [0.25, 0.3) is 0 Å². The first-order valence-corrected chi connectivity index (χ1v) is 14.0. The second-order valence-corrected chi connectivity index (χ2v) is 10.4. The molecule has 2 fully saturated rings. The first-order valence-electron chi connectivity index (χ1n) is 14.0. The highest BCUT2D eigenvalue weighted by Gasteiger charge is 2.30. The molecule has 0 radical (unpaired) electrons. The van der Waals surface area contributed by atoms with Crippen molar-refractivity contribution in [2.75, 3.05) is 39.3 Å². The van der Waals surface area contributed by atoms with E-state index in [0.717, 1.165) is 73.8 Å². The second kappa shape index (κ2) is 12.1. The second-order valence-electron chi connectivity index (χ2n) is 10.4. The Labute approximate surface area is 227 Å². The van der Waals surface area contributed by atoms with Crippen LogP contribution >= 0.6 is 0 Å². The summed E-state index contributed by atoms with van der Waals surface area (Å²) in [5.74, 6) is 3.16. The molecule has 6 nitrogen and oxygen atoms in total. The molecule has 0 bridgehead atoms. The summed E-state index contributed by atoms with van der Waals surface area (Å²) in [4.78, 5) is 7.39. The standard InChI is InChI=1S/C32H41N3O3/c1-5-7-26-29(8-6-9-30(26)36-2)35(25-13-15-33-16-14-25)21-22-12-17-34-28(18-22)24-19-27(23-10-11-23)32(38-4)31(20-24)37-3/h6,8-9,12,17-20,23,25,33H,5,7,10-11,13-16,21H2,1-4H3. The van der Waals surface area contributed by atoms with Gasteiger partial charge in [-0.1, -0.05) is 19.4 Å². The van der Waals surface area contributed by atoms with Gasteiger partial charge in [0.05, 0.1) is 27.0 Å². The van der Waals surface area contributed by atoms with Crippen molar-refractivity contribution in [1.82, 2.24) is 10.3 Å². The molecule has 1 N–H and O–H groups in total. The van der Waals surface area contributed by atoms with E-state index >= 15 is 0 Å². The number of benzene rings is 2. The number of aromatic nitrogens is 1. The third-order valence-corrected chi connectivity index (χ3v) is 7.88. The Morgan fingerprint density at radius 3 is 2.39 bits per heavy atom. The molecule has 3 aromatic rings. The fourth-order valence-electron chi connectivity index (χ4n) is 5.81. The lowest BCUT2D eigenvalue weighted by Crippen LogP contribution is -2.43. The van der Waals surface area contributed by atoms with Gasteiger partial charge in [-0.3, -0.25) is 4.98 Å². The molecule has 6 heteroatoms. The van der Waals surface area contributed by atoms with Crippen LogP contribution in [0.15, 0.2) is 48.7 Å². The summed E-state index contributed by atoms with van der Waals surface area (Å²) in [6.07, 6.45) is 8.66. The van der Waals surface area contributed by atoms with Gasteiger partial charge in [-0.25, -0.2) is 0 Å². The maximum absolute atomic E-state index is 5.81. The van der Waals surface area contributed by atoms with Gasteiger partial charge in [0.15, 0.2) is 11.5 Å². The van der Waals surface area contributed by atoms with Gasteiger partial charge in [-0.05, 0) is 93.1 Å². The number of anilines is 1. The quantitative estimate of drug-likeness (QED) is 0.321. The molecule has 1 aliphatic heterocycles. The van der Waals surface area contributed by atoms with Crippen LogP contribution in [0.3, 0.4) is 0 Å². The molecule has 1 saturated carbocycles. The van der Waals surface area contributed by atoms with E-state index in [0.29, 0.717) is 12.0 Å². The van der Waals surface area contributed by atoms with E-state index in [-0.39, 0.29) is 0 Å². The lowest BCUT2D eigenvalue weighted by Gasteiger charge is -2.38. The molecule has 2 aromatic carbocycles. The smallest absolute Gasteiger partial charge is 0.164 e. The number of nitrogens with zero attached hydrogens (tertiary/aromatic N) is 2.